The predicted octanol–water partition coefficient (Wildman–Crippen LogP) is 4.24. The van der Waals surface area contributed by atoms with Crippen molar-refractivity contribution in [1.29, 1.82) is 0 Å². The Morgan fingerprint density at radius 1 is 1.03 bits per heavy atom. The van der Waals surface area contributed by atoms with E-state index in [1.54, 1.807) is 13.2 Å². The van der Waals surface area contributed by atoms with Crippen molar-refractivity contribution < 1.29 is 14.3 Å². The molecule has 0 aliphatic carbocycles. The van der Waals surface area contributed by atoms with Crippen LogP contribution in [0.2, 0.25) is 0 Å². The maximum atomic E-state index is 12.1. The standard InChI is InChI=1S/C25H21N5O4/c1-33-22-15(13-20-17-7-3-4-8-18(17)23(31)30-29-20)6-5-9-16(22)14-10-11-19-21(12-14)27-24(26-19)28-25(32)34-2/h3-12H,13H2,1-2H3,(H,30,31)(H2,26,27,28,32). The number of hydrogen-bond donors (Lipinski definition) is 3. The van der Waals surface area contributed by atoms with Crippen LogP contribution in [-0.2, 0) is 11.2 Å². The second kappa shape index (κ2) is 8.70. The van der Waals surface area contributed by atoms with Crippen molar-refractivity contribution in [2.75, 3.05) is 19.5 Å². The predicted molar refractivity (Wildman–Crippen MR) is 129 cm³/mol. The van der Waals surface area contributed by atoms with Crippen molar-refractivity contribution in [3.8, 4) is 16.9 Å². The Kier molecular flexibility index (Phi) is 5.43. The summed E-state index contributed by atoms with van der Waals surface area (Å²) in [6, 6.07) is 19.1. The molecule has 34 heavy (non-hydrogen) atoms. The molecule has 0 bridgehead atoms. The van der Waals surface area contributed by atoms with Gasteiger partial charge in [0.2, 0.25) is 5.95 Å². The lowest BCUT2D eigenvalue weighted by molar-refractivity contribution is 0.186. The number of fused-ring (bicyclic) bond motifs is 2. The van der Waals surface area contributed by atoms with Gasteiger partial charge in [0.25, 0.3) is 5.56 Å². The van der Waals surface area contributed by atoms with E-state index in [0.29, 0.717) is 29.0 Å². The average molecular weight is 455 g/mol. The molecular formula is C25H21N5O4. The molecule has 0 spiro atoms. The van der Waals surface area contributed by atoms with E-state index in [-0.39, 0.29) is 5.56 Å². The second-order valence-electron chi connectivity index (χ2n) is 7.65. The Morgan fingerprint density at radius 2 is 1.85 bits per heavy atom. The largest absolute Gasteiger partial charge is 0.496 e. The van der Waals surface area contributed by atoms with Crippen molar-refractivity contribution in [3.05, 3.63) is 82.3 Å². The van der Waals surface area contributed by atoms with E-state index in [4.69, 9.17) is 4.74 Å². The summed E-state index contributed by atoms with van der Waals surface area (Å²) in [5, 5.41) is 10.8. The van der Waals surface area contributed by atoms with Crippen molar-refractivity contribution in [2.24, 2.45) is 0 Å². The van der Waals surface area contributed by atoms with E-state index in [2.05, 4.69) is 30.2 Å². The van der Waals surface area contributed by atoms with Crippen LogP contribution in [0.15, 0.2) is 65.5 Å². The van der Waals surface area contributed by atoms with E-state index in [0.717, 1.165) is 33.3 Å². The molecule has 5 rings (SSSR count). The van der Waals surface area contributed by atoms with E-state index in [1.807, 2.05) is 54.6 Å². The van der Waals surface area contributed by atoms with Gasteiger partial charge in [-0.05, 0) is 23.8 Å². The topological polar surface area (TPSA) is 122 Å². The van der Waals surface area contributed by atoms with Gasteiger partial charge in [0.1, 0.15) is 5.75 Å². The Bertz CT molecular complexity index is 1590. The van der Waals surface area contributed by atoms with Gasteiger partial charge < -0.3 is 14.5 Å². The first-order chi connectivity index (χ1) is 16.6. The number of rotatable bonds is 5. The minimum absolute atomic E-state index is 0.214. The van der Waals surface area contributed by atoms with Crippen LogP contribution in [-0.4, -0.2) is 40.5 Å². The lowest BCUT2D eigenvalue weighted by Gasteiger charge is -2.14. The molecule has 0 aliphatic heterocycles. The third-order valence-electron chi connectivity index (χ3n) is 5.63. The summed E-state index contributed by atoms with van der Waals surface area (Å²) in [6.07, 6.45) is -0.120. The summed E-state index contributed by atoms with van der Waals surface area (Å²) >= 11 is 0. The maximum absolute atomic E-state index is 12.1. The molecule has 0 aliphatic rings. The highest BCUT2D eigenvalue weighted by Crippen LogP contribution is 2.36. The number of nitrogens with zero attached hydrogens (tertiary/aromatic N) is 2. The van der Waals surface area contributed by atoms with Gasteiger partial charge in [-0.1, -0.05) is 42.5 Å². The molecule has 1 amide bonds. The molecular weight excluding hydrogens is 434 g/mol. The molecule has 9 heteroatoms. The van der Waals surface area contributed by atoms with Crippen molar-refractivity contribution >= 4 is 33.8 Å². The fourth-order valence-electron chi connectivity index (χ4n) is 4.06. The van der Waals surface area contributed by atoms with Gasteiger partial charge >= 0.3 is 6.09 Å². The van der Waals surface area contributed by atoms with Crippen LogP contribution >= 0.6 is 0 Å². The van der Waals surface area contributed by atoms with Gasteiger partial charge in [-0.2, -0.15) is 5.10 Å². The molecule has 0 fully saturated rings. The molecule has 3 aromatic carbocycles. The van der Waals surface area contributed by atoms with E-state index < -0.39 is 6.09 Å². The minimum atomic E-state index is -0.600. The number of nitrogens with one attached hydrogen (secondary N) is 3. The van der Waals surface area contributed by atoms with E-state index >= 15 is 0 Å². The van der Waals surface area contributed by atoms with Crippen molar-refractivity contribution in [1.82, 2.24) is 20.2 Å². The van der Waals surface area contributed by atoms with Gasteiger partial charge in [-0.3, -0.25) is 10.1 Å². The molecule has 0 saturated carbocycles. The molecule has 0 radical (unpaired) electrons. The first-order valence-electron chi connectivity index (χ1n) is 10.5. The number of H-pyrrole nitrogens is 2. The summed E-state index contributed by atoms with van der Waals surface area (Å²) in [5.41, 5.74) is 4.75. The highest BCUT2D eigenvalue weighted by atomic mass is 16.5. The maximum Gasteiger partial charge on any atom is 0.413 e. The highest BCUT2D eigenvalue weighted by Gasteiger charge is 2.15. The van der Waals surface area contributed by atoms with Crippen LogP contribution in [0.3, 0.4) is 0 Å². The molecule has 9 nitrogen and oxygen atoms in total. The molecule has 2 heterocycles. The Labute approximate surface area is 193 Å². The fourth-order valence-corrected chi connectivity index (χ4v) is 4.06. The van der Waals surface area contributed by atoms with Gasteiger partial charge in [-0.15, -0.1) is 0 Å². The third-order valence-corrected chi connectivity index (χ3v) is 5.63. The molecule has 2 aromatic heterocycles. The number of hydrogen-bond acceptors (Lipinski definition) is 6. The first-order valence-corrected chi connectivity index (χ1v) is 10.5. The molecule has 170 valence electrons. The van der Waals surface area contributed by atoms with Crippen molar-refractivity contribution in [3.63, 3.8) is 0 Å². The Morgan fingerprint density at radius 3 is 2.65 bits per heavy atom. The van der Waals surface area contributed by atoms with Crippen LogP contribution in [0.4, 0.5) is 10.7 Å². The zero-order valence-electron chi connectivity index (χ0n) is 18.5. The molecule has 0 saturated heterocycles. The van der Waals surface area contributed by atoms with Crippen LogP contribution < -0.4 is 15.6 Å². The average Bonchev–Trinajstić information content (AvgIpc) is 3.27. The lowest BCUT2D eigenvalue weighted by Crippen LogP contribution is -2.11. The molecule has 3 N–H and O–H groups in total. The smallest absolute Gasteiger partial charge is 0.413 e. The number of carbonyl (C=O) groups excluding carboxylic acids is 1. The van der Waals surface area contributed by atoms with Gasteiger partial charge in [0.05, 0.1) is 36.3 Å². The van der Waals surface area contributed by atoms with E-state index in [1.165, 1.54) is 7.11 Å². The van der Waals surface area contributed by atoms with Crippen LogP contribution in [0.25, 0.3) is 32.9 Å². The van der Waals surface area contributed by atoms with Gasteiger partial charge in [0.15, 0.2) is 0 Å². The highest BCUT2D eigenvalue weighted by molar-refractivity contribution is 5.89. The van der Waals surface area contributed by atoms with Crippen LogP contribution in [0.1, 0.15) is 11.3 Å². The minimum Gasteiger partial charge on any atom is -0.496 e. The fraction of sp³-hybridized carbons (Fsp3) is 0.120. The second-order valence-corrected chi connectivity index (χ2v) is 7.65. The molecule has 5 aromatic rings. The number of amides is 1. The number of benzene rings is 3. The number of para-hydroxylation sites is 1. The summed E-state index contributed by atoms with van der Waals surface area (Å²) in [7, 11) is 2.93. The normalized spacial score (nSPS) is 11.0. The van der Waals surface area contributed by atoms with Gasteiger partial charge in [-0.25, -0.2) is 14.9 Å². The zero-order valence-corrected chi connectivity index (χ0v) is 18.5. The quantitative estimate of drug-likeness (QED) is 0.364. The number of aromatic nitrogens is 4. The van der Waals surface area contributed by atoms with Gasteiger partial charge in [0, 0.05) is 22.9 Å². The monoisotopic (exact) mass is 455 g/mol. The van der Waals surface area contributed by atoms with Crippen LogP contribution in [0, 0.1) is 0 Å². The number of imidazole rings is 1. The summed E-state index contributed by atoms with van der Waals surface area (Å²) in [6.45, 7) is 0. The number of anilines is 1. The zero-order chi connectivity index (χ0) is 23.7. The van der Waals surface area contributed by atoms with Crippen molar-refractivity contribution in [2.45, 2.75) is 6.42 Å². The molecule has 0 atom stereocenters. The number of aromatic amines is 2. The summed E-state index contributed by atoms with van der Waals surface area (Å²) < 4.78 is 10.4. The number of methoxy groups -OCH3 is 2. The third kappa shape index (κ3) is 3.83. The summed E-state index contributed by atoms with van der Waals surface area (Å²) in [5.74, 6) is 1.02. The lowest BCUT2D eigenvalue weighted by atomic mass is 9.97. The first kappa shape index (κ1) is 21.2. The Balaban J connectivity index is 1.54. The van der Waals surface area contributed by atoms with Crippen LogP contribution in [0.5, 0.6) is 5.75 Å². The number of carbonyl (C=O) groups is 1. The Hall–Kier alpha value is -4.66. The van der Waals surface area contributed by atoms with E-state index in [9.17, 15) is 9.59 Å². The number of ether oxygens (including phenoxy) is 2. The molecule has 0 unspecified atom stereocenters. The SMILES string of the molecule is COC(=O)Nc1nc2ccc(-c3cccc(Cc4n[nH]c(=O)c5ccccc45)c3OC)cc2[nH]1. The summed E-state index contributed by atoms with van der Waals surface area (Å²) in [4.78, 5) is 31.1.